The third-order valence-electron chi connectivity index (χ3n) is 2.76. The van der Waals surface area contributed by atoms with Crippen LogP contribution in [0.2, 0.25) is 0 Å². The average molecular weight is 357 g/mol. The van der Waals surface area contributed by atoms with Gasteiger partial charge in [0.2, 0.25) is 10.2 Å². The summed E-state index contributed by atoms with van der Waals surface area (Å²) < 4.78 is 27.7. The first-order valence-electron chi connectivity index (χ1n) is 6.68. The molecule has 0 spiro atoms. The quantitative estimate of drug-likeness (QED) is 0.748. The van der Waals surface area contributed by atoms with Gasteiger partial charge < -0.3 is 10.1 Å². The van der Waals surface area contributed by atoms with Crippen LogP contribution in [0, 0.1) is 0 Å². The molecule has 23 heavy (non-hydrogen) atoms. The van der Waals surface area contributed by atoms with Crippen molar-refractivity contribution in [2.45, 2.75) is 24.1 Å². The summed E-state index contributed by atoms with van der Waals surface area (Å²) in [7, 11) is -3.86. The fourth-order valence-corrected chi connectivity index (χ4v) is 3.47. The Hall–Kier alpha value is -2.04. The molecule has 0 aliphatic heterocycles. The second-order valence-electron chi connectivity index (χ2n) is 4.56. The number of nitrogens with one attached hydrogen (secondary N) is 1. The van der Waals surface area contributed by atoms with Crippen molar-refractivity contribution in [1.29, 1.82) is 0 Å². The maximum atomic E-state index is 11.8. The molecule has 1 aromatic carbocycles. The normalized spacial score (nSPS) is 11.4. The molecule has 0 aliphatic rings. The number of nitrogens with zero attached hydrogens (tertiary/aromatic N) is 1. The molecule has 1 amide bonds. The van der Waals surface area contributed by atoms with E-state index >= 15 is 0 Å². The van der Waals surface area contributed by atoms with Crippen molar-refractivity contribution >= 4 is 49.1 Å². The molecular formula is C13H15N3O5S2. The van der Waals surface area contributed by atoms with Gasteiger partial charge in [0.1, 0.15) is 0 Å². The average Bonchev–Trinajstić information content (AvgIpc) is 2.89. The van der Waals surface area contributed by atoms with Gasteiger partial charge in [-0.05, 0) is 25.1 Å². The highest BCUT2D eigenvalue weighted by Crippen LogP contribution is 2.27. The zero-order valence-electron chi connectivity index (χ0n) is 12.2. The van der Waals surface area contributed by atoms with E-state index in [1.807, 2.05) is 0 Å². The van der Waals surface area contributed by atoms with Crippen molar-refractivity contribution in [3.05, 3.63) is 18.2 Å². The van der Waals surface area contributed by atoms with Crippen molar-refractivity contribution in [3.8, 4) is 0 Å². The second-order valence-corrected chi connectivity index (χ2v) is 7.33. The Kier molecular flexibility index (Phi) is 5.29. The number of carbonyl (C=O) groups is 2. The van der Waals surface area contributed by atoms with Gasteiger partial charge in [-0.3, -0.25) is 9.59 Å². The number of hydrogen-bond acceptors (Lipinski definition) is 7. The van der Waals surface area contributed by atoms with Crippen molar-refractivity contribution < 1.29 is 22.7 Å². The standard InChI is InChI=1S/C13H15N3O5S2/c1-2-21-12(18)6-5-11(17)15-8-3-4-9-10(7-8)22-13(16-9)23(14,19)20/h3-4,7H,2,5-6H2,1H3,(H,15,17)(H2,14,19,20). The largest absolute Gasteiger partial charge is 0.466 e. The lowest BCUT2D eigenvalue weighted by atomic mass is 10.2. The van der Waals surface area contributed by atoms with Crippen LogP contribution in [0.4, 0.5) is 5.69 Å². The molecule has 0 aliphatic carbocycles. The lowest BCUT2D eigenvalue weighted by Gasteiger charge is -2.05. The summed E-state index contributed by atoms with van der Waals surface area (Å²) in [6.45, 7) is 1.97. The van der Waals surface area contributed by atoms with Gasteiger partial charge in [-0.15, -0.1) is 11.3 Å². The van der Waals surface area contributed by atoms with E-state index < -0.39 is 16.0 Å². The molecule has 8 nitrogen and oxygen atoms in total. The molecule has 0 saturated heterocycles. The number of primary sulfonamides is 1. The van der Waals surface area contributed by atoms with Gasteiger partial charge in [0.25, 0.3) is 10.0 Å². The molecule has 0 atom stereocenters. The Bertz CT molecular complexity index is 844. The summed E-state index contributed by atoms with van der Waals surface area (Å²) in [4.78, 5) is 26.9. The SMILES string of the molecule is CCOC(=O)CCC(=O)Nc1ccc2nc(S(N)(=O)=O)sc2c1. The summed E-state index contributed by atoms with van der Waals surface area (Å²) in [6, 6.07) is 4.78. The van der Waals surface area contributed by atoms with E-state index in [0.717, 1.165) is 11.3 Å². The van der Waals surface area contributed by atoms with Gasteiger partial charge in [-0.1, -0.05) is 0 Å². The Morgan fingerprint density at radius 2 is 2.09 bits per heavy atom. The monoisotopic (exact) mass is 357 g/mol. The van der Waals surface area contributed by atoms with Gasteiger partial charge >= 0.3 is 5.97 Å². The first kappa shape index (κ1) is 17.3. The van der Waals surface area contributed by atoms with Gasteiger partial charge in [0.15, 0.2) is 0 Å². The zero-order valence-corrected chi connectivity index (χ0v) is 13.9. The molecule has 0 unspecified atom stereocenters. The van der Waals surface area contributed by atoms with Gasteiger partial charge in [0, 0.05) is 12.1 Å². The number of sulfonamides is 1. The van der Waals surface area contributed by atoms with Crippen LogP contribution in [0.25, 0.3) is 10.2 Å². The zero-order chi connectivity index (χ0) is 17.0. The summed E-state index contributed by atoms with van der Waals surface area (Å²) in [5, 5.41) is 7.67. The highest BCUT2D eigenvalue weighted by Gasteiger charge is 2.15. The number of hydrogen-bond donors (Lipinski definition) is 2. The van der Waals surface area contributed by atoms with E-state index in [1.54, 1.807) is 25.1 Å². The summed E-state index contributed by atoms with van der Waals surface area (Å²) in [5.74, 6) is -0.771. The fourth-order valence-electron chi connectivity index (χ4n) is 1.78. The molecule has 0 fully saturated rings. The highest BCUT2D eigenvalue weighted by atomic mass is 32.2. The van der Waals surface area contributed by atoms with Gasteiger partial charge in [-0.25, -0.2) is 18.5 Å². The Morgan fingerprint density at radius 3 is 2.74 bits per heavy atom. The number of esters is 1. The molecule has 0 bridgehead atoms. The molecule has 2 rings (SSSR count). The fraction of sp³-hybridized carbons (Fsp3) is 0.308. The van der Waals surface area contributed by atoms with E-state index in [4.69, 9.17) is 9.88 Å². The number of benzene rings is 1. The number of ether oxygens (including phenoxy) is 1. The van der Waals surface area contributed by atoms with E-state index in [0.29, 0.717) is 15.9 Å². The van der Waals surface area contributed by atoms with Crippen LogP contribution in [0.3, 0.4) is 0 Å². The van der Waals surface area contributed by atoms with Gasteiger partial charge in [0.05, 0.1) is 23.2 Å². The number of anilines is 1. The molecule has 0 saturated carbocycles. The predicted octanol–water partition coefficient (Wildman–Crippen LogP) is 1.23. The molecule has 3 N–H and O–H groups in total. The van der Waals surface area contributed by atoms with E-state index in [-0.39, 0.29) is 29.7 Å². The summed E-state index contributed by atoms with van der Waals surface area (Å²) in [5.41, 5.74) is 0.958. The van der Waals surface area contributed by atoms with E-state index in [9.17, 15) is 18.0 Å². The third-order valence-corrected chi connectivity index (χ3v) is 5.10. The Labute approximate surface area is 136 Å². The molecule has 1 heterocycles. The second kappa shape index (κ2) is 7.02. The van der Waals surface area contributed by atoms with E-state index in [2.05, 4.69) is 10.3 Å². The Morgan fingerprint density at radius 1 is 1.35 bits per heavy atom. The molecule has 124 valence electrons. The molecule has 2 aromatic rings. The predicted molar refractivity (Wildman–Crippen MR) is 85.5 cm³/mol. The van der Waals surface area contributed by atoms with Crippen LogP contribution in [0.1, 0.15) is 19.8 Å². The Balaban J connectivity index is 2.06. The number of fused-ring (bicyclic) bond motifs is 1. The molecular weight excluding hydrogens is 342 g/mol. The molecule has 10 heteroatoms. The van der Waals surface area contributed by atoms with Crippen molar-refractivity contribution in [2.75, 3.05) is 11.9 Å². The number of carbonyl (C=O) groups excluding carboxylic acids is 2. The number of amides is 1. The van der Waals surface area contributed by atoms with Crippen molar-refractivity contribution in [3.63, 3.8) is 0 Å². The lowest BCUT2D eigenvalue weighted by Crippen LogP contribution is -2.14. The number of rotatable bonds is 6. The minimum Gasteiger partial charge on any atom is -0.466 e. The van der Waals surface area contributed by atoms with E-state index in [1.165, 1.54) is 0 Å². The third kappa shape index (κ3) is 4.71. The summed E-state index contributed by atoms with van der Waals surface area (Å²) in [6.07, 6.45) is 0.0000305. The highest BCUT2D eigenvalue weighted by molar-refractivity contribution is 7.91. The lowest BCUT2D eigenvalue weighted by molar-refractivity contribution is -0.144. The van der Waals surface area contributed by atoms with Crippen molar-refractivity contribution in [2.24, 2.45) is 5.14 Å². The maximum Gasteiger partial charge on any atom is 0.306 e. The number of aromatic nitrogens is 1. The first-order chi connectivity index (χ1) is 10.8. The van der Waals surface area contributed by atoms with Crippen LogP contribution in [0.5, 0.6) is 0 Å². The van der Waals surface area contributed by atoms with Crippen LogP contribution < -0.4 is 10.5 Å². The van der Waals surface area contributed by atoms with Gasteiger partial charge in [-0.2, -0.15) is 0 Å². The van der Waals surface area contributed by atoms with Crippen molar-refractivity contribution in [1.82, 2.24) is 4.98 Å². The minimum atomic E-state index is -3.86. The van der Waals surface area contributed by atoms with Crippen LogP contribution in [-0.2, 0) is 24.3 Å². The maximum absolute atomic E-state index is 11.8. The molecule has 0 radical (unpaired) electrons. The number of thiazole rings is 1. The molecule has 1 aromatic heterocycles. The van der Waals surface area contributed by atoms with Crippen LogP contribution >= 0.6 is 11.3 Å². The smallest absolute Gasteiger partial charge is 0.306 e. The first-order valence-corrected chi connectivity index (χ1v) is 9.04. The van der Waals surface area contributed by atoms with Crippen LogP contribution in [-0.4, -0.2) is 31.9 Å². The summed E-state index contributed by atoms with van der Waals surface area (Å²) >= 11 is 0.921. The van der Waals surface area contributed by atoms with Crippen LogP contribution in [0.15, 0.2) is 22.5 Å². The minimum absolute atomic E-state index is 0.00194. The number of nitrogens with two attached hydrogens (primary N) is 1. The topological polar surface area (TPSA) is 128 Å².